The molecular formula is C29H24N2. The molecular weight excluding hydrogens is 376 g/mol. The Balaban J connectivity index is 0.000000126. The number of H-pyrrole nitrogens is 1. The van der Waals surface area contributed by atoms with E-state index in [4.69, 9.17) is 0 Å². The average molecular weight is 401 g/mol. The Morgan fingerprint density at radius 1 is 0.613 bits per heavy atom. The lowest BCUT2D eigenvalue weighted by Crippen LogP contribution is -2.02. The number of aromatic amines is 1. The summed E-state index contributed by atoms with van der Waals surface area (Å²) in [5.74, 6) is 0. The second kappa shape index (κ2) is 7.55. The van der Waals surface area contributed by atoms with Crippen molar-refractivity contribution in [3.8, 4) is 0 Å². The van der Waals surface area contributed by atoms with Gasteiger partial charge in [0.25, 0.3) is 0 Å². The van der Waals surface area contributed by atoms with Crippen molar-refractivity contribution in [2.24, 2.45) is 0 Å². The van der Waals surface area contributed by atoms with E-state index in [0.29, 0.717) is 0 Å². The summed E-state index contributed by atoms with van der Waals surface area (Å²) < 4.78 is 0. The molecule has 0 fully saturated rings. The van der Waals surface area contributed by atoms with Crippen LogP contribution in [0.3, 0.4) is 0 Å². The molecule has 0 aliphatic heterocycles. The highest BCUT2D eigenvalue weighted by Gasteiger charge is 2.13. The minimum Gasteiger partial charge on any atom is -0.361 e. The second-order valence-corrected chi connectivity index (χ2v) is 8.37. The van der Waals surface area contributed by atoms with Crippen molar-refractivity contribution in [2.75, 3.05) is 0 Å². The smallest absolute Gasteiger partial charge is 0.0795 e. The van der Waals surface area contributed by atoms with Crippen molar-refractivity contribution in [1.29, 1.82) is 0 Å². The van der Waals surface area contributed by atoms with E-state index >= 15 is 0 Å². The van der Waals surface area contributed by atoms with Crippen molar-refractivity contribution in [3.05, 3.63) is 102 Å². The number of hydrogen-bond acceptors (Lipinski definition) is 1. The van der Waals surface area contributed by atoms with E-state index in [-0.39, 0.29) is 0 Å². The van der Waals surface area contributed by atoms with Crippen LogP contribution < -0.4 is 0 Å². The van der Waals surface area contributed by atoms with Crippen LogP contribution in [0.4, 0.5) is 0 Å². The summed E-state index contributed by atoms with van der Waals surface area (Å²) >= 11 is 0. The molecule has 6 aromatic rings. The van der Waals surface area contributed by atoms with Crippen LogP contribution in [0.2, 0.25) is 0 Å². The number of hydrogen-bond donors (Lipinski definition) is 1. The van der Waals surface area contributed by atoms with Crippen LogP contribution >= 0.6 is 0 Å². The third kappa shape index (κ3) is 3.16. The van der Waals surface area contributed by atoms with Crippen LogP contribution in [0.5, 0.6) is 0 Å². The highest BCUT2D eigenvalue weighted by molar-refractivity contribution is 6.08. The summed E-state index contributed by atoms with van der Waals surface area (Å²) in [4.78, 5) is 7.52. The Labute approximate surface area is 181 Å². The van der Waals surface area contributed by atoms with Crippen LogP contribution in [0, 0.1) is 0 Å². The number of benzene rings is 4. The molecule has 0 bridgehead atoms. The molecule has 1 N–H and O–H groups in total. The summed E-state index contributed by atoms with van der Waals surface area (Å²) in [5.41, 5.74) is 5.39. The maximum absolute atomic E-state index is 4.33. The molecule has 0 atom stereocenters. The maximum Gasteiger partial charge on any atom is 0.0795 e. The normalized spacial score (nSPS) is 13.3. The monoisotopic (exact) mass is 400 g/mol. The van der Waals surface area contributed by atoms with Crippen LogP contribution in [0.25, 0.3) is 43.4 Å². The molecule has 2 aromatic heterocycles. The molecule has 1 aliphatic rings. The lowest BCUT2D eigenvalue weighted by molar-refractivity contribution is 0.690. The summed E-state index contributed by atoms with van der Waals surface area (Å²) in [5, 5.41) is 8.03. The third-order valence-corrected chi connectivity index (χ3v) is 6.56. The first kappa shape index (κ1) is 18.1. The first-order chi connectivity index (χ1) is 15.4. The summed E-state index contributed by atoms with van der Waals surface area (Å²) in [7, 11) is 0. The zero-order valence-electron chi connectivity index (χ0n) is 17.4. The molecule has 2 nitrogen and oxygen atoms in total. The van der Waals surface area contributed by atoms with Gasteiger partial charge in [0.05, 0.1) is 5.52 Å². The fourth-order valence-electron chi connectivity index (χ4n) is 5.01. The van der Waals surface area contributed by atoms with E-state index in [1.54, 1.807) is 11.1 Å². The number of aromatic nitrogens is 2. The van der Waals surface area contributed by atoms with Gasteiger partial charge in [-0.3, -0.25) is 4.98 Å². The Bertz CT molecular complexity index is 1540. The van der Waals surface area contributed by atoms with Crippen molar-refractivity contribution < 1.29 is 0 Å². The first-order valence-corrected chi connectivity index (χ1v) is 11.1. The van der Waals surface area contributed by atoms with Crippen molar-refractivity contribution >= 4 is 43.4 Å². The van der Waals surface area contributed by atoms with E-state index in [1.165, 1.54) is 58.0 Å². The van der Waals surface area contributed by atoms with Gasteiger partial charge in [0.1, 0.15) is 0 Å². The summed E-state index contributed by atoms with van der Waals surface area (Å²) in [6, 6.07) is 28.2. The second-order valence-electron chi connectivity index (χ2n) is 8.37. The predicted molar refractivity (Wildman–Crippen MR) is 132 cm³/mol. The lowest BCUT2D eigenvalue weighted by Gasteiger charge is -2.18. The van der Waals surface area contributed by atoms with E-state index < -0.39 is 0 Å². The highest BCUT2D eigenvalue weighted by atomic mass is 14.7. The van der Waals surface area contributed by atoms with Crippen LogP contribution in [-0.4, -0.2) is 9.97 Å². The minimum atomic E-state index is 1.08. The Morgan fingerprint density at radius 2 is 1.45 bits per heavy atom. The van der Waals surface area contributed by atoms with E-state index in [2.05, 4.69) is 76.7 Å². The molecule has 31 heavy (non-hydrogen) atoms. The van der Waals surface area contributed by atoms with Gasteiger partial charge in [0, 0.05) is 28.7 Å². The van der Waals surface area contributed by atoms with Gasteiger partial charge in [-0.2, -0.15) is 0 Å². The number of nitrogens with zero attached hydrogens (tertiary/aromatic N) is 1. The Hall–Kier alpha value is -3.65. The van der Waals surface area contributed by atoms with Crippen molar-refractivity contribution in [2.45, 2.75) is 25.7 Å². The minimum absolute atomic E-state index is 1.08. The van der Waals surface area contributed by atoms with Gasteiger partial charge in [-0.05, 0) is 82.6 Å². The molecule has 7 rings (SSSR count). The standard InChI is InChI=1S/C18H16.C11H8N2/c1-3-7-15-13(5-1)9-11-18-16-8-4-2-6-14(16)10-12-17(15)18;1-2-9-10(12-6-1)4-3-8-5-7-13-11(8)9/h1,3,5,7,9-12H,2,4,6,8H2;1-7,12H. The number of rotatable bonds is 0. The lowest BCUT2D eigenvalue weighted by atomic mass is 9.86. The number of nitrogens with one attached hydrogen (secondary N) is 1. The van der Waals surface area contributed by atoms with Crippen LogP contribution in [0.15, 0.2) is 91.3 Å². The predicted octanol–water partition coefficient (Wildman–Crippen LogP) is 7.59. The fourth-order valence-corrected chi connectivity index (χ4v) is 5.01. The van der Waals surface area contributed by atoms with Gasteiger partial charge in [0.2, 0.25) is 0 Å². The quantitative estimate of drug-likeness (QED) is 0.261. The number of pyridine rings is 1. The molecule has 1 aliphatic carbocycles. The largest absolute Gasteiger partial charge is 0.361 e. The zero-order valence-corrected chi connectivity index (χ0v) is 17.4. The highest BCUT2D eigenvalue weighted by Crippen LogP contribution is 2.33. The van der Waals surface area contributed by atoms with E-state index in [9.17, 15) is 0 Å². The molecule has 0 radical (unpaired) electrons. The van der Waals surface area contributed by atoms with Crippen LogP contribution in [0.1, 0.15) is 24.0 Å². The summed E-state index contributed by atoms with van der Waals surface area (Å²) in [6.45, 7) is 0. The van der Waals surface area contributed by atoms with Crippen molar-refractivity contribution in [3.63, 3.8) is 0 Å². The number of aryl methyl sites for hydroxylation is 2. The SMILES string of the molecule is c1c[nH]c2ccc3ccnc3c2c1.c1ccc2c(c1)ccc1c3c(ccc12)CCCC3. The topological polar surface area (TPSA) is 28.7 Å². The zero-order chi connectivity index (χ0) is 20.6. The molecule has 0 unspecified atom stereocenters. The van der Waals surface area contributed by atoms with Crippen molar-refractivity contribution in [1.82, 2.24) is 9.97 Å². The summed E-state index contributed by atoms with van der Waals surface area (Å²) in [6.07, 6.45) is 8.99. The molecule has 0 amide bonds. The van der Waals surface area contributed by atoms with Gasteiger partial charge in [0.15, 0.2) is 0 Å². The number of fused-ring (bicyclic) bond motifs is 8. The van der Waals surface area contributed by atoms with Gasteiger partial charge in [-0.1, -0.05) is 54.6 Å². The molecule has 2 heterocycles. The Kier molecular flexibility index (Phi) is 4.42. The van der Waals surface area contributed by atoms with Gasteiger partial charge in [-0.25, -0.2) is 0 Å². The molecule has 0 saturated carbocycles. The van der Waals surface area contributed by atoms with E-state index in [0.717, 1.165) is 11.0 Å². The fraction of sp³-hybridized carbons (Fsp3) is 0.138. The molecule has 2 heteroatoms. The van der Waals surface area contributed by atoms with Gasteiger partial charge < -0.3 is 4.98 Å². The third-order valence-electron chi connectivity index (χ3n) is 6.56. The molecule has 0 spiro atoms. The Morgan fingerprint density at radius 3 is 2.45 bits per heavy atom. The van der Waals surface area contributed by atoms with Crippen LogP contribution in [-0.2, 0) is 12.8 Å². The molecule has 150 valence electrons. The molecule has 0 saturated heterocycles. The average Bonchev–Trinajstić information content (AvgIpc) is 3.34. The first-order valence-electron chi connectivity index (χ1n) is 11.1. The van der Waals surface area contributed by atoms with Gasteiger partial charge >= 0.3 is 0 Å². The van der Waals surface area contributed by atoms with E-state index in [1.807, 2.05) is 24.5 Å². The van der Waals surface area contributed by atoms with Gasteiger partial charge in [-0.15, -0.1) is 0 Å². The molecule has 4 aromatic carbocycles. The maximum atomic E-state index is 4.33.